The molecule has 1 amide bonds. The Labute approximate surface area is 147 Å². The molecular formula is C18H23ClN3O2+. The van der Waals surface area contributed by atoms with Gasteiger partial charge in [-0.15, -0.1) is 0 Å². The van der Waals surface area contributed by atoms with Crippen molar-refractivity contribution in [2.75, 3.05) is 26.2 Å². The zero-order valence-electron chi connectivity index (χ0n) is 14.1. The lowest BCUT2D eigenvalue weighted by atomic mass is 10.1. The number of piperazine rings is 1. The van der Waals surface area contributed by atoms with Gasteiger partial charge in [0.25, 0.3) is 0 Å². The zero-order chi connectivity index (χ0) is 17.1. The second-order valence-corrected chi connectivity index (χ2v) is 6.85. The molecule has 2 aromatic rings. The molecule has 0 radical (unpaired) electrons. The fourth-order valence-electron chi connectivity index (χ4n) is 3.20. The average molecular weight is 349 g/mol. The Balaban J connectivity index is 1.52. The quantitative estimate of drug-likeness (QED) is 0.909. The van der Waals surface area contributed by atoms with Gasteiger partial charge in [-0.2, -0.15) is 0 Å². The molecule has 0 unspecified atom stereocenters. The second kappa shape index (κ2) is 7.36. The highest BCUT2D eigenvalue weighted by Crippen LogP contribution is 2.14. The molecule has 1 N–H and O–H groups in total. The molecule has 1 aliphatic heterocycles. The van der Waals surface area contributed by atoms with Gasteiger partial charge in [-0.25, -0.2) is 0 Å². The fourth-order valence-corrected chi connectivity index (χ4v) is 3.41. The summed E-state index contributed by atoms with van der Waals surface area (Å²) in [5, 5.41) is 4.70. The number of halogens is 1. The lowest BCUT2D eigenvalue weighted by molar-refractivity contribution is -0.917. The van der Waals surface area contributed by atoms with Gasteiger partial charge in [0.05, 0.1) is 38.3 Å². The molecule has 2 heterocycles. The number of hydrogen-bond acceptors (Lipinski definition) is 3. The van der Waals surface area contributed by atoms with E-state index in [-0.39, 0.29) is 5.91 Å². The van der Waals surface area contributed by atoms with E-state index in [1.807, 2.05) is 36.9 Å². The summed E-state index contributed by atoms with van der Waals surface area (Å²) in [5.74, 6) is 0.900. The number of hydrogen-bond donors (Lipinski definition) is 1. The van der Waals surface area contributed by atoms with E-state index in [1.54, 1.807) is 0 Å². The van der Waals surface area contributed by atoms with Crippen molar-refractivity contribution in [1.82, 2.24) is 10.1 Å². The van der Waals surface area contributed by atoms with Crippen molar-refractivity contribution in [1.29, 1.82) is 0 Å². The third kappa shape index (κ3) is 3.97. The van der Waals surface area contributed by atoms with E-state index in [1.165, 1.54) is 10.5 Å². The van der Waals surface area contributed by atoms with E-state index in [0.29, 0.717) is 6.42 Å². The molecule has 3 rings (SSSR count). The highest BCUT2D eigenvalue weighted by Gasteiger charge is 2.25. The zero-order valence-corrected chi connectivity index (χ0v) is 14.9. The first-order valence-electron chi connectivity index (χ1n) is 8.30. The minimum Gasteiger partial charge on any atom is -0.361 e. The minimum absolute atomic E-state index is 0.159. The van der Waals surface area contributed by atoms with Crippen LogP contribution < -0.4 is 4.90 Å². The van der Waals surface area contributed by atoms with E-state index in [4.69, 9.17) is 16.1 Å². The van der Waals surface area contributed by atoms with Gasteiger partial charge in [0.1, 0.15) is 12.3 Å². The lowest BCUT2D eigenvalue weighted by Gasteiger charge is -2.32. The van der Waals surface area contributed by atoms with Gasteiger partial charge in [-0.05, 0) is 26.0 Å². The third-order valence-electron chi connectivity index (χ3n) is 4.68. The minimum atomic E-state index is 0.159. The number of quaternary nitrogens is 1. The Morgan fingerprint density at radius 2 is 2.08 bits per heavy atom. The van der Waals surface area contributed by atoms with Crippen LogP contribution in [0.2, 0.25) is 5.02 Å². The molecule has 1 aromatic heterocycles. The van der Waals surface area contributed by atoms with Crippen LogP contribution in [-0.4, -0.2) is 42.1 Å². The predicted octanol–water partition coefficient (Wildman–Crippen LogP) is 1.41. The summed E-state index contributed by atoms with van der Waals surface area (Å²) in [5.41, 5.74) is 2.98. The van der Waals surface area contributed by atoms with Crippen molar-refractivity contribution in [2.45, 2.75) is 26.8 Å². The van der Waals surface area contributed by atoms with Crippen LogP contribution in [0, 0.1) is 13.8 Å². The molecule has 0 bridgehead atoms. The second-order valence-electron chi connectivity index (χ2n) is 6.42. The van der Waals surface area contributed by atoms with Crippen LogP contribution in [0.1, 0.15) is 22.6 Å². The van der Waals surface area contributed by atoms with Crippen molar-refractivity contribution >= 4 is 17.5 Å². The highest BCUT2D eigenvalue weighted by atomic mass is 35.5. The molecule has 1 fully saturated rings. The first-order chi connectivity index (χ1) is 11.5. The molecule has 1 saturated heterocycles. The summed E-state index contributed by atoms with van der Waals surface area (Å²) < 4.78 is 5.14. The number of aryl methyl sites for hydroxylation is 2. The summed E-state index contributed by atoms with van der Waals surface area (Å²) in [6.07, 6.45) is 0.380. The SMILES string of the molecule is Cc1noc(C)c1CC(=O)N1CC[NH+](Cc2cccc(Cl)c2)CC1. The van der Waals surface area contributed by atoms with Crippen LogP contribution in [-0.2, 0) is 17.8 Å². The monoisotopic (exact) mass is 348 g/mol. The van der Waals surface area contributed by atoms with Crippen molar-refractivity contribution in [3.05, 3.63) is 51.9 Å². The van der Waals surface area contributed by atoms with E-state index < -0.39 is 0 Å². The van der Waals surface area contributed by atoms with E-state index in [0.717, 1.165) is 54.8 Å². The molecular weight excluding hydrogens is 326 g/mol. The van der Waals surface area contributed by atoms with Crippen molar-refractivity contribution in [3.63, 3.8) is 0 Å². The Morgan fingerprint density at radius 3 is 2.71 bits per heavy atom. The first-order valence-corrected chi connectivity index (χ1v) is 8.68. The third-order valence-corrected chi connectivity index (χ3v) is 4.91. The maximum Gasteiger partial charge on any atom is 0.227 e. The average Bonchev–Trinajstić information content (AvgIpc) is 2.87. The molecule has 1 aromatic carbocycles. The Morgan fingerprint density at radius 1 is 1.33 bits per heavy atom. The van der Waals surface area contributed by atoms with Crippen LogP contribution in [0.25, 0.3) is 0 Å². The highest BCUT2D eigenvalue weighted by molar-refractivity contribution is 6.30. The van der Waals surface area contributed by atoms with Crippen molar-refractivity contribution in [3.8, 4) is 0 Å². The summed E-state index contributed by atoms with van der Waals surface area (Å²) in [6, 6.07) is 8.00. The number of carbonyl (C=O) groups is 1. The van der Waals surface area contributed by atoms with Crippen LogP contribution >= 0.6 is 11.6 Å². The van der Waals surface area contributed by atoms with Gasteiger partial charge < -0.3 is 14.3 Å². The summed E-state index contributed by atoms with van der Waals surface area (Å²) >= 11 is 6.05. The molecule has 0 spiro atoms. The largest absolute Gasteiger partial charge is 0.361 e. The van der Waals surface area contributed by atoms with Crippen LogP contribution in [0.15, 0.2) is 28.8 Å². The van der Waals surface area contributed by atoms with Gasteiger partial charge in [0, 0.05) is 16.1 Å². The smallest absolute Gasteiger partial charge is 0.227 e. The van der Waals surface area contributed by atoms with E-state index in [2.05, 4.69) is 11.2 Å². The fraction of sp³-hybridized carbons (Fsp3) is 0.444. The van der Waals surface area contributed by atoms with Crippen LogP contribution in [0.4, 0.5) is 0 Å². The standard InChI is InChI=1S/C18H22ClN3O2/c1-13-17(14(2)24-20-13)11-18(23)22-8-6-21(7-9-22)12-15-4-3-5-16(19)10-15/h3-5,10H,6-9,11-12H2,1-2H3/p+1. The maximum atomic E-state index is 12.5. The summed E-state index contributed by atoms with van der Waals surface area (Å²) in [4.78, 5) is 15.9. The molecule has 5 nitrogen and oxygen atoms in total. The van der Waals surface area contributed by atoms with Gasteiger partial charge >= 0.3 is 0 Å². The molecule has 128 valence electrons. The van der Waals surface area contributed by atoms with Crippen LogP contribution in [0.3, 0.4) is 0 Å². The lowest BCUT2D eigenvalue weighted by Crippen LogP contribution is -3.13. The normalized spacial score (nSPS) is 15.7. The maximum absolute atomic E-state index is 12.5. The molecule has 6 heteroatoms. The molecule has 1 aliphatic rings. The number of nitrogens with one attached hydrogen (secondary N) is 1. The molecule has 24 heavy (non-hydrogen) atoms. The Hall–Kier alpha value is -1.85. The number of carbonyl (C=O) groups excluding carboxylic acids is 1. The number of aromatic nitrogens is 1. The van der Waals surface area contributed by atoms with Gasteiger partial charge in [0.15, 0.2) is 0 Å². The van der Waals surface area contributed by atoms with E-state index in [9.17, 15) is 4.79 Å². The number of nitrogens with zero attached hydrogens (tertiary/aromatic N) is 2. The van der Waals surface area contributed by atoms with Gasteiger partial charge in [0.2, 0.25) is 5.91 Å². The Bertz CT molecular complexity index is 701. The molecule has 0 atom stereocenters. The van der Waals surface area contributed by atoms with E-state index >= 15 is 0 Å². The van der Waals surface area contributed by atoms with Gasteiger partial charge in [-0.3, -0.25) is 4.79 Å². The molecule has 0 aliphatic carbocycles. The summed E-state index contributed by atoms with van der Waals surface area (Å²) in [7, 11) is 0. The predicted molar refractivity (Wildman–Crippen MR) is 92.1 cm³/mol. The molecule has 0 saturated carbocycles. The van der Waals surface area contributed by atoms with Gasteiger partial charge in [-0.1, -0.05) is 28.9 Å². The van der Waals surface area contributed by atoms with Crippen molar-refractivity contribution < 1.29 is 14.2 Å². The van der Waals surface area contributed by atoms with Crippen molar-refractivity contribution in [2.24, 2.45) is 0 Å². The first kappa shape index (κ1) is 17.0. The number of benzene rings is 1. The van der Waals surface area contributed by atoms with Crippen LogP contribution in [0.5, 0.6) is 0 Å². The summed E-state index contributed by atoms with van der Waals surface area (Å²) in [6.45, 7) is 8.18. The topological polar surface area (TPSA) is 50.8 Å². The Kier molecular flexibility index (Phi) is 5.21. The number of rotatable bonds is 4. The number of amides is 1.